The van der Waals surface area contributed by atoms with Gasteiger partial charge in [-0.2, -0.15) is 5.26 Å². The van der Waals surface area contributed by atoms with Crippen molar-refractivity contribution < 1.29 is 15.0 Å². The third kappa shape index (κ3) is 1.89. The Balaban J connectivity index is 1.45. The molecule has 0 radical (unpaired) electrons. The molecule has 1 aliphatic heterocycles. The van der Waals surface area contributed by atoms with E-state index < -0.39 is 22.7 Å². The predicted octanol–water partition coefficient (Wildman–Crippen LogP) is 0.273. The Hall–Kier alpha value is -1.16. The van der Waals surface area contributed by atoms with E-state index in [2.05, 4.69) is 6.07 Å². The minimum atomic E-state index is -0.881. The number of nitrogens with zero attached hydrogens (tertiary/aromatic N) is 2. The van der Waals surface area contributed by atoms with E-state index in [-0.39, 0.29) is 23.9 Å². The minimum Gasteiger partial charge on any atom is -0.390 e. The van der Waals surface area contributed by atoms with Crippen molar-refractivity contribution in [3.05, 3.63) is 0 Å². The van der Waals surface area contributed by atoms with Crippen LogP contribution in [0.1, 0.15) is 51.4 Å². The van der Waals surface area contributed by atoms with Crippen molar-refractivity contribution in [2.45, 2.75) is 80.7 Å². The Morgan fingerprint density at radius 3 is 2.42 bits per heavy atom. The molecule has 130 valence electrons. The second-order valence-corrected chi connectivity index (χ2v) is 9.49. The molecule has 5 aliphatic carbocycles. The van der Waals surface area contributed by atoms with Gasteiger partial charge in [-0.05, 0) is 56.8 Å². The number of carbonyl (C=O) groups excluding carboxylic acids is 1. The number of nitrogens with two attached hydrogens (primary N) is 1. The lowest BCUT2D eigenvalue weighted by atomic mass is 9.48. The summed E-state index contributed by atoms with van der Waals surface area (Å²) in [6.07, 6.45) is 5.41. The van der Waals surface area contributed by atoms with Crippen molar-refractivity contribution in [2.75, 3.05) is 0 Å². The first-order valence-corrected chi connectivity index (χ1v) is 9.19. The van der Waals surface area contributed by atoms with Gasteiger partial charge in [0.2, 0.25) is 5.91 Å². The maximum absolute atomic E-state index is 13.2. The predicted molar refractivity (Wildman–Crippen MR) is 84.3 cm³/mol. The van der Waals surface area contributed by atoms with Crippen molar-refractivity contribution in [3.8, 4) is 6.07 Å². The average molecular weight is 334 g/mol. The van der Waals surface area contributed by atoms with Crippen LogP contribution in [0, 0.1) is 28.6 Å². The number of fused-ring (bicyclic) bond motifs is 1. The highest BCUT2D eigenvalue weighted by Crippen LogP contribution is 2.64. The molecular weight excluding hydrogens is 309 g/mol. The summed E-state index contributed by atoms with van der Waals surface area (Å²) in [5, 5.41) is 31.1. The summed E-state index contributed by atoms with van der Waals surface area (Å²) in [6.45, 7) is 0. The van der Waals surface area contributed by atoms with Crippen molar-refractivity contribution in [1.82, 2.24) is 4.90 Å². The highest BCUT2D eigenvalue weighted by molar-refractivity contribution is 5.84. The van der Waals surface area contributed by atoms with Gasteiger partial charge in [0.1, 0.15) is 6.04 Å². The van der Waals surface area contributed by atoms with Crippen LogP contribution in [0.3, 0.4) is 0 Å². The molecule has 0 aromatic carbocycles. The normalized spacial score (nSPS) is 55.2. The topological polar surface area (TPSA) is 111 Å². The first-order chi connectivity index (χ1) is 11.3. The third-order valence-electron chi connectivity index (χ3n) is 7.49. The van der Waals surface area contributed by atoms with Crippen LogP contribution in [0.15, 0.2) is 0 Å². The zero-order valence-corrected chi connectivity index (χ0v) is 13.8. The van der Waals surface area contributed by atoms with Gasteiger partial charge in [-0.1, -0.05) is 0 Å². The zero-order chi connectivity index (χ0) is 16.9. The molecule has 1 saturated heterocycles. The van der Waals surface area contributed by atoms with Crippen LogP contribution >= 0.6 is 0 Å². The monoisotopic (exact) mass is 334 g/mol. The zero-order valence-electron chi connectivity index (χ0n) is 13.8. The third-order valence-corrected chi connectivity index (χ3v) is 7.49. The summed E-state index contributed by atoms with van der Waals surface area (Å²) >= 11 is 0. The molecule has 6 atom stereocenters. The Bertz CT molecular complexity index is 640. The van der Waals surface area contributed by atoms with E-state index >= 15 is 0 Å². The van der Waals surface area contributed by atoms with Crippen molar-refractivity contribution in [3.63, 3.8) is 0 Å². The SMILES string of the molecule is N#C[C@@H]1C[C@@H]2[13CH2][C@@H]2N1[13C](=O)[13CH](N)C12CC3CC(O)(CC(O)(C3)C1)C2. The number of amides is 1. The lowest BCUT2D eigenvalue weighted by Gasteiger charge is -2.64. The largest absolute Gasteiger partial charge is 0.390 e. The molecule has 6 nitrogen and oxygen atoms in total. The van der Waals surface area contributed by atoms with E-state index in [1.807, 2.05) is 0 Å². The molecule has 0 aromatic rings. The van der Waals surface area contributed by atoms with Crippen LogP contribution in [0.2, 0.25) is 0 Å². The quantitative estimate of drug-likeness (QED) is 0.628. The fraction of sp³-hybridized carbons (Fsp3) is 0.889. The van der Waals surface area contributed by atoms with Gasteiger partial charge >= 0.3 is 0 Å². The van der Waals surface area contributed by atoms with Crippen LogP contribution in [0.25, 0.3) is 0 Å². The number of hydrogen-bond donors (Lipinski definition) is 3. The van der Waals surface area contributed by atoms with E-state index in [4.69, 9.17) is 5.73 Å². The molecule has 1 heterocycles. The summed E-state index contributed by atoms with van der Waals surface area (Å²) < 4.78 is 0. The number of rotatable bonds is 2. The highest BCUT2D eigenvalue weighted by Gasteiger charge is 2.66. The molecule has 24 heavy (non-hydrogen) atoms. The van der Waals surface area contributed by atoms with Gasteiger partial charge < -0.3 is 20.8 Å². The van der Waals surface area contributed by atoms with Crippen molar-refractivity contribution in [2.24, 2.45) is 23.0 Å². The smallest absolute Gasteiger partial charge is 0.241 e. The van der Waals surface area contributed by atoms with E-state index in [9.17, 15) is 20.3 Å². The summed E-state index contributed by atoms with van der Waals surface area (Å²) in [6, 6.07) is 1.36. The molecule has 6 heteroatoms. The Labute approximate surface area is 141 Å². The van der Waals surface area contributed by atoms with E-state index in [1.54, 1.807) is 4.90 Å². The van der Waals surface area contributed by atoms with Crippen LogP contribution in [0.4, 0.5) is 0 Å². The van der Waals surface area contributed by atoms with Gasteiger partial charge in [0, 0.05) is 17.9 Å². The van der Waals surface area contributed by atoms with Gasteiger partial charge in [-0.15, -0.1) is 0 Å². The lowest BCUT2D eigenvalue weighted by molar-refractivity contribution is -0.234. The molecular formula is C18H25N3O3. The number of nitriles is 1. The van der Waals surface area contributed by atoms with Crippen LogP contribution in [-0.2, 0) is 4.79 Å². The molecule has 0 spiro atoms. The molecule has 6 aliphatic rings. The van der Waals surface area contributed by atoms with Gasteiger partial charge in [-0.3, -0.25) is 4.79 Å². The standard InChI is InChI=1S/C18H25N3O3/c19-6-12-1-11-2-13(11)21(12)15(22)14(20)16-3-10-4-17(23,7-16)9-18(24,5-10)8-16/h10-14,23-24H,1-5,7-9,20H2/t10?,11-,12+,13+,14?,16?,17?,18?/m1/s1/i2+1,14+1,15+1. The van der Waals surface area contributed by atoms with E-state index in [0.717, 1.165) is 19.3 Å². The van der Waals surface area contributed by atoms with Crippen molar-refractivity contribution >= 4 is 5.91 Å². The second-order valence-electron chi connectivity index (χ2n) is 9.49. The molecule has 4 bridgehead atoms. The number of aliphatic hydroxyl groups is 2. The number of carbonyl (C=O) groups is 1. The average Bonchev–Trinajstić information content (AvgIpc) is 3.12. The minimum absolute atomic E-state index is 0.138. The summed E-state index contributed by atoms with van der Waals surface area (Å²) in [4.78, 5) is 14.9. The van der Waals surface area contributed by atoms with Gasteiger partial charge in [0.05, 0.1) is 23.3 Å². The summed E-state index contributed by atoms with van der Waals surface area (Å²) in [5.74, 6) is 0.574. The number of hydrogen-bond acceptors (Lipinski definition) is 5. The maximum atomic E-state index is 13.2. The molecule has 5 saturated carbocycles. The first-order valence-electron chi connectivity index (χ1n) is 9.19. The summed E-state index contributed by atoms with van der Waals surface area (Å²) in [7, 11) is 0. The Kier molecular flexibility index (Phi) is 2.72. The van der Waals surface area contributed by atoms with E-state index in [1.165, 1.54) is 0 Å². The molecule has 3 unspecified atom stereocenters. The lowest BCUT2D eigenvalue weighted by Crippen LogP contribution is -2.69. The first kappa shape index (κ1) is 15.1. The van der Waals surface area contributed by atoms with E-state index in [0.29, 0.717) is 38.0 Å². The fourth-order valence-corrected chi connectivity index (χ4v) is 7.07. The molecule has 0 aromatic heterocycles. The Morgan fingerprint density at radius 2 is 1.83 bits per heavy atom. The van der Waals surface area contributed by atoms with Gasteiger partial charge in [0.15, 0.2) is 0 Å². The van der Waals surface area contributed by atoms with Gasteiger partial charge in [-0.25, -0.2) is 0 Å². The van der Waals surface area contributed by atoms with Crippen LogP contribution < -0.4 is 5.73 Å². The molecule has 1 amide bonds. The number of likely N-dealkylation sites (tertiary alicyclic amines) is 1. The van der Waals surface area contributed by atoms with Crippen LogP contribution in [0.5, 0.6) is 0 Å². The Morgan fingerprint density at radius 1 is 1.17 bits per heavy atom. The van der Waals surface area contributed by atoms with Crippen molar-refractivity contribution in [1.29, 1.82) is 5.26 Å². The number of piperidine rings is 1. The second kappa shape index (κ2) is 4.32. The molecule has 6 fully saturated rings. The van der Waals surface area contributed by atoms with Gasteiger partial charge in [0.25, 0.3) is 0 Å². The maximum Gasteiger partial charge on any atom is 0.241 e. The molecule has 6 rings (SSSR count). The van der Waals surface area contributed by atoms with Crippen LogP contribution in [-0.4, -0.2) is 50.3 Å². The fourth-order valence-electron chi connectivity index (χ4n) is 7.07. The highest BCUT2D eigenvalue weighted by atomic mass is 16.3. The summed E-state index contributed by atoms with van der Waals surface area (Å²) in [5.41, 5.74) is 4.21. The molecule has 4 N–H and O–H groups in total.